The molecular formula is C48H26B5NO2. The van der Waals surface area contributed by atoms with E-state index >= 15 is 0 Å². The molecule has 10 radical (unpaired) electrons. The Kier molecular flexibility index (Phi) is 8.11. The van der Waals surface area contributed by atoms with Gasteiger partial charge in [0.2, 0.25) is 0 Å². The fraction of sp³-hybridized carbons (Fsp3) is 0. The van der Waals surface area contributed by atoms with Gasteiger partial charge in [-0.25, -0.2) is 0 Å². The van der Waals surface area contributed by atoms with Crippen molar-refractivity contribution in [2.45, 2.75) is 0 Å². The van der Waals surface area contributed by atoms with Gasteiger partial charge in [-0.3, -0.25) is 0 Å². The van der Waals surface area contributed by atoms with Crippen molar-refractivity contribution in [2.75, 3.05) is 4.90 Å². The number of benzene rings is 8. The number of nitrogens with zero attached hydrogens (tertiary/aromatic N) is 1. The molecule has 0 N–H and O–H groups in total. The Balaban J connectivity index is 1.06. The van der Waals surface area contributed by atoms with Gasteiger partial charge < -0.3 is 13.7 Å². The van der Waals surface area contributed by atoms with E-state index in [1.165, 1.54) is 0 Å². The van der Waals surface area contributed by atoms with Gasteiger partial charge in [-0.05, 0) is 76.3 Å². The van der Waals surface area contributed by atoms with Crippen molar-refractivity contribution in [3.8, 4) is 33.4 Å². The molecule has 0 unspecified atom stereocenters. The fourth-order valence-electron chi connectivity index (χ4n) is 7.93. The molecule has 3 nitrogen and oxygen atoms in total. The normalized spacial score (nSPS) is 11.6. The minimum absolute atomic E-state index is 0.197. The van der Waals surface area contributed by atoms with Crippen LogP contribution in [0.3, 0.4) is 0 Å². The molecule has 0 bridgehead atoms. The quantitative estimate of drug-likeness (QED) is 0.165. The third-order valence-corrected chi connectivity index (χ3v) is 10.8. The van der Waals surface area contributed by atoms with E-state index in [-0.39, 0.29) is 16.4 Å². The standard InChI is InChI=1S/C48H26B5NO2/c49-43-41(44(50)46(52)47(53)45(43)51)30-17-15-27(16-18-30)28-19-23-31(24-20-28)54(37-11-6-14-40-42(37)36-8-2-4-13-39(36)55-40)32-25-21-29(22-26-32)33-9-5-10-35-34-7-1-3-12-38(34)56-48(33)35/h1-26H. The fourth-order valence-corrected chi connectivity index (χ4v) is 7.93. The van der Waals surface area contributed by atoms with Crippen molar-refractivity contribution < 1.29 is 8.83 Å². The molecule has 0 aliphatic carbocycles. The summed E-state index contributed by atoms with van der Waals surface area (Å²) in [5.41, 5.74) is 13.2. The van der Waals surface area contributed by atoms with E-state index in [2.05, 4.69) is 89.8 Å². The summed E-state index contributed by atoms with van der Waals surface area (Å²) in [7, 11) is 31.0. The second kappa shape index (κ2) is 13.4. The van der Waals surface area contributed by atoms with Gasteiger partial charge in [0.25, 0.3) is 0 Å². The summed E-state index contributed by atoms with van der Waals surface area (Å²) >= 11 is 0. The van der Waals surface area contributed by atoms with Crippen LogP contribution in [-0.2, 0) is 0 Å². The maximum absolute atomic E-state index is 6.39. The van der Waals surface area contributed by atoms with Crippen LogP contribution in [0.15, 0.2) is 167 Å². The van der Waals surface area contributed by atoms with Crippen LogP contribution < -0.4 is 32.2 Å². The summed E-state index contributed by atoms with van der Waals surface area (Å²) in [5, 5.41) is 4.31. The van der Waals surface area contributed by atoms with Gasteiger partial charge in [0, 0.05) is 33.1 Å². The minimum atomic E-state index is 0.197. The van der Waals surface area contributed by atoms with Gasteiger partial charge in [-0.2, -0.15) is 0 Å². The molecule has 2 aromatic heterocycles. The van der Waals surface area contributed by atoms with E-state index in [4.69, 9.17) is 48.1 Å². The molecule has 0 spiro atoms. The lowest BCUT2D eigenvalue weighted by Crippen LogP contribution is -2.55. The van der Waals surface area contributed by atoms with Gasteiger partial charge >= 0.3 is 0 Å². The zero-order chi connectivity index (χ0) is 38.1. The van der Waals surface area contributed by atoms with Crippen LogP contribution in [0.2, 0.25) is 0 Å². The molecule has 0 fully saturated rings. The Hall–Kier alpha value is -6.52. The van der Waals surface area contributed by atoms with Crippen LogP contribution >= 0.6 is 0 Å². The molecule has 0 amide bonds. The van der Waals surface area contributed by atoms with Crippen molar-refractivity contribution >= 4 is 127 Å². The molecule has 0 aliphatic rings. The third-order valence-electron chi connectivity index (χ3n) is 10.8. The SMILES string of the molecule is [B]c1c([B])c([B])c(-c2ccc(-c3ccc(N(c4ccc(-c5cccc6c5oc5ccccc56)cc4)c4cccc5oc6ccccc6c45)cc3)cc2)c([B])c1[B]. The highest BCUT2D eigenvalue weighted by molar-refractivity contribution is 6.68. The average molecular weight is 703 g/mol. The lowest BCUT2D eigenvalue weighted by atomic mass is 9.59. The van der Waals surface area contributed by atoms with Crippen LogP contribution in [0.4, 0.5) is 17.1 Å². The zero-order valence-corrected chi connectivity index (χ0v) is 30.2. The smallest absolute Gasteiger partial charge is 0.143 e. The highest BCUT2D eigenvalue weighted by atomic mass is 16.3. The van der Waals surface area contributed by atoms with Crippen LogP contribution in [0.25, 0.3) is 77.3 Å². The Labute approximate surface area is 331 Å². The number of hydrogen-bond donors (Lipinski definition) is 0. The molecule has 8 heteroatoms. The predicted molar refractivity (Wildman–Crippen MR) is 239 cm³/mol. The van der Waals surface area contributed by atoms with Crippen LogP contribution in [-0.4, -0.2) is 39.2 Å². The lowest BCUT2D eigenvalue weighted by molar-refractivity contribution is 0.669. The second-order valence-electron chi connectivity index (χ2n) is 14.0. The number of para-hydroxylation sites is 3. The summed E-state index contributed by atoms with van der Waals surface area (Å²) in [6.45, 7) is 0. The van der Waals surface area contributed by atoms with E-state index in [0.717, 1.165) is 88.8 Å². The molecule has 10 aromatic rings. The molecule has 0 atom stereocenters. The zero-order valence-electron chi connectivity index (χ0n) is 30.2. The highest BCUT2D eigenvalue weighted by Crippen LogP contribution is 2.44. The molecule has 56 heavy (non-hydrogen) atoms. The monoisotopic (exact) mass is 703 g/mol. The summed E-state index contributed by atoms with van der Waals surface area (Å²) in [5.74, 6) is 0. The minimum Gasteiger partial charge on any atom is -0.456 e. The second-order valence-corrected chi connectivity index (χ2v) is 14.0. The summed E-state index contributed by atoms with van der Waals surface area (Å²) in [6, 6.07) is 54.1. The topological polar surface area (TPSA) is 29.5 Å². The van der Waals surface area contributed by atoms with Gasteiger partial charge in [0.1, 0.15) is 61.6 Å². The Morgan fingerprint density at radius 2 is 0.839 bits per heavy atom. The molecular weight excluding hydrogens is 677 g/mol. The van der Waals surface area contributed by atoms with Crippen molar-refractivity contribution in [1.29, 1.82) is 0 Å². The Bertz CT molecular complexity index is 3100. The molecule has 2 heterocycles. The first kappa shape index (κ1) is 34.0. The van der Waals surface area contributed by atoms with Crippen molar-refractivity contribution in [2.24, 2.45) is 0 Å². The molecule has 0 aliphatic heterocycles. The van der Waals surface area contributed by atoms with Gasteiger partial charge in [-0.1, -0.05) is 120 Å². The lowest BCUT2D eigenvalue weighted by Gasteiger charge is -2.26. The Morgan fingerprint density at radius 1 is 0.357 bits per heavy atom. The van der Waals surface area contributed by atoms with E-state index in [0.29, 0.717) is 16.5 Å². The summed E-state index contributed by atoms with van der Waals surface area (Å²) < 4.78 is 12.7. The summed E-state index contributed by atoms with van der Waals surface area (Å²) in [6.07, 6.45) is 0. The van der Waals surface area contributed by atoms with Crippen LogP contribution in [0.5, 0.6) is 0 Å². The molecule has 0 saturated heterocycles. The molecule has 8 aromatic carbocycles. The van der Waals surface area contributed by atoms with Gasteiger partial charge in [-0.15, -0.1) is 16.4 Å². The van der Waals surface area contributed by atoms with Gasteiger partial charge in [0.05, 0.1) is 11.1 Å². The maximum Gasteiger partial charge on any atom is 0.143 e. The van der Waals surface area contributed by atoms with Crippen molar-refractivity contribution in [3.63, 3.8) is 0 Å². The van der Waals surface area contributed by atoms with Crippen molar-refractivity contribution in [3.05, 3.63) is 158 Å². The van der Waals surface area contributed by atoms with Crippen molar-refractivity contribution in [1.82, 2.24) is 0 Å². The predicted octanol–water partition coefficient (Wildman–Crippen LogP) is 7.93. The Morgan fingerprint density at radius 3 is 1.50 bits per heavy atom. The van der Waals surface area contributed by atoms with E-state index in [1.54, 1.807) is 0 Å². The largest absolute Gasteiger partial charge is 0.456 e. The first-order valence-electron chi connectivity index (χ1n) is 18.3. The van der Waals surface area contributed by atoms with Gasteiger partial charge in [0.15, 0.2) is 0 Å². The maximum atomic E-state index is 6.39. The van der Waals surface area contributed by atoms with E-state index in [9.17, 15) is 0 Å². The van der Waals surface area contributed by atoms with E-state index < -0.39 is 0 Å². The van der Waals surface area contributed by atoms with Crippen LogP contribution in [0, 0.1) is 0 Å². The van der Waals surface area contributed by atoms with Crippen LogP contribution in [0.1, 0.15) is 0 Å². The first-order chi connectivity index (χ1) is 27.4. The molecule has 250 valence electrons. The number of anilines is 3. The molecule has 10 rings (SSSR count). The number of furan rings is 2. The highest BCUT2D eigenvalue weighted by Gasteiger charge is 2.20. The number of fused-ring (bicyclic) bond motifs is 6. The first-order valence-corrected chi connectivity index (χ1v) is 18.3. The summed E-state index contributed by atoms with van der Waals surface area (Å²) in [4.78, 5) is 2.28. The average Bonchev–Trinajstić information content (AvgIpc) is 3.82. The number of hydrogen-bond acceptors (Lipinski definition) is 3. The third kappa shape index (κ3) is 5.43. The van der Waals surface area contributed by atoms with E-state index in [1.807, 2.05) is 72.8 Å². The molecule has 0 saturated carbocycles. The number of rotatable bonds is 6.